The van der Waals surface area contributed by atoms with Crippen LogP contribution < -0.4 is 16.4 Å². The lowest BCUT2D eigenvalue weighted by Crippen LogP contribution is -2.53. The fourth-order valence-corrected chi connectivity index (χ4v) is 3.03. The van der Waals surface area contributed by atoms with Crippen LogP contribution in [-0.4, -0.2) is 36.2 Å². The van der Waals surface area contributed by atoms with E-state index in [0.717, 1.165) is 32.1 Å². The second-order valence-electron chi connectivity index (χ2n) is 9.30. The molecule has 0 heterocycles. The lowest BCUT2D eigenvalue weighted by Gasteiger charge is -2.27. The number of unbranched alkanes of at least 4 members (excludes halogenated alkanes) is 3. The van der Waals surface area contributed by atoms with Crippen LogP contribution in [0.1, 0.15) is 92.9 Å². The Morgan fingerprint density at radius 1 is 0.964 bits per heavy atom. The van der Waals surface area contributed by atoms with E-state index in [2.05, 4.69) is 17.6 Å². The molecule has 0 saturated carbocycles. The van der Waals surface area contributed by atoms with Crippen LogP contribution in [0, 0.1) is 11.3 Å². The summed E-state index contributed by atoms with van der Waals surface area (Å²) >= 11 is 0. The second kappa shape index (κ2) is 13.7. The van der Waals surface area contributed by atoms with Crippen LogP contribution in [-0.2, 0) is 14.4 Å². The van der Waals surface area contributed by atoms with Crippen molar-refractivity contribution in [2.24, 2.45) is 17.1 Å². The van der Waals surface area contributed by atoms with Crippen molar-refractivity contribution >= 4 is 17.6 Å². The van der Waals surface area contributed by atoms with Gasteiger partial charge in [0.2, 0.25) is 11.8 Å². The summed E-state index contributed by atoms with van der Waals surface area (Å²) in [5.41, 5.74) is 5.43. The fraction of sp³-hybridized carbons (Fsp3) is 0.864. The number of amides is 2. The Kier molecular flexibility index (Phi) is 13.0. The Labute approximate surface area is 171 Å². The molecule has 0 radical (unpaired) electrons. The molecule has 0 aromatic heterocycles. The van der Waals surface area contributed by atoms with Crippen molar-refractivity contribution in [2.75, 3.05) is 6.54 Å². The van der Waals surface area contributed by atoms with Gasteiger partial charge in [0.15, 0.2) is 5.78 Å². The maximum absolute atomic E-state index is 12.9. The van der Waals surface area contributed by atoms with E-state index in [1.165, 1.54) is 0 Å². The van der Waals surface area contributed by atoms with Gasteiger partial charge in [-0.25, -0.2) is 0 Å². The summed E-state index contributed by atoms with van der Waals surface area (Å²) in [5.74, 6) is -0.408. The van der Waals surface area contributed by atoms with Crippen LogP contribution in [0.5, 0.6) is 0 Å². The van der Waals surface area contributed by atoms with Crippen molar-refractivity contribution in [3.63, 3.8) is 0 Å². The molecule has 0 aliphatic carbocycles. The third-order valence-corrected chi connectivity index (χ3v) is 4.63. The van der Waals surface area contributed by atoms with Gasteiger partial charge in [-0.3, -0.25) is 14.4 Å². The first-order valence-corrected chi connectivity index (χ1v) is 10.8. The highest BCUT2D eigenvalue weighted by molar-refractivity contribution is 5.93. The predicted molar refractivity (Wildman–Crippen MR) is 115 cm³/mol. The summed E-state index contributed by atoms with van der Waals surface area (Å²) in [6.45, 7) is 12.5. The van der Waals surface area contributed by atoms with Crippen LogP contribution in [0.15, 0.2) is 0 Å². The van der Waals surface area contributed by atoms with Gasteiger partial charge in [-0.05, 0) is 43.6 Å². The minimum absolute atomic E-state index is 0.0367. The molecule has 0 unspecified atom stereocenters. The molecule has 6 nitrogen and oxygen atoms in total. The predicted octanol–water partition coefficient (Wildman–Crippen LogP) is 3.33. The highest BCUT2D eigenvalue weighted by Gasteiger charge is 2.29. The Balaban J connectivity index is 5.03. The molecule has 0 fully saturated rings. The molecule has 0 rings (SSSR count). The Morgan fingerprint density at radius 3 is 2.11 bits per heavy atom. The first-order valence-electron chi connectivity index (χ1n) is 10.8. The summed E-state index contributed by atoms with van der Waals surface area (Å²) in [7, 11) is 0. The summed E-state index contributed by atoms with van der Waals surface area (Å²) in [6, 6.07) is -1.16. The number of Topliss-reactive ketones (excluding diaryl/α,β-unsaturated/α-hetero) is 1. The quantitative estimate of drug-likeness (QED) is 0.391. The van der Waals surface area contributed by atoms with Gasteiger partial charge in [0.05, 0.1) is 6.04 Å². The van der Waals surface area contributed by atoms with Crippen molar-refractivity contribution in [1.82, 2.24) is 10.6 Å². The van der Waals surface area contributed by atoms with Crippen LogP contribution in [0.25, 0.3) is 0 Å². The number of hydrogen-bond acceptors (Lipinski definition) is 4. The summed E-state index contributed by atoms with van der Waals surface area (Å²) < 4.78 is 0. The van der Waals surface area contributed by atoms with Gasteiger partial charge in [-0.15, -0.1) is 0 Å². The number of nitrogens with one attached hydrogen (secondary N) is 2. The van der Waals surface area contributed by atoms with Crippen LogP contribution in [0.2, 0.25) is 0 Å². The molecule has 4 N–H and O–H groups in total. The first kappa shape index (κ1) is 26.6. The minimum Gasteiger partial charge on any atom is -0.345 e. The topological polar surface area (TPSA) is 101 Å². The third kappa shape index (κ3) is 12.1. The fourth-order valence-electron chi connectivity index (χ4n) is 3.03. The molecule has 2 amide bonds. The van der Waals surface area contributed by atoms with E-state index in [1.54, 1.807) is 0 Å². The highest BCUT2D eigenvalue weighted by atomic mass is 16.2. The van der Waals surface area contributed by atoms with Crippen LogP contribution in [0.4, 0.5) is 0 Å². The molecule has 6 heteroatoms. The van der Waals surface area contributed by atoms with Crippen molar-refractivity contribution in [1.29, 1.82) is 0 Å². The van der Waals surface area contributed by atoms with E-state index in [0.29, 0.717) is 25.8 Å². The Bertz CT molecular complexity index is 484. The zero-order valence-electron chi connectivity index (χ0n) is 18.9. The standard InChI is InChI=1S/C22H43N3O3/c1-7-8-9-13-19(27)25-20(16(2)3)21(28)24-17(12-10-11-14-23)18(26)15-22(4,5)6/h16-17,20H,7-15,23H2,1-6H3,(H,24,28)(H,25,27)/t17-,20-/m0/s1. The van der Waals surface area contributed by atoms with Crippen molar-refractivity contribution in [3.05, 3.63) is 0 Å². The molecule has 0 aromatic carbocycles. The zero-order chi connectivity index (χ0) is 21.7. The van der Waals surface area contributed by atoms with Gasteiger partial charge < -0.3 is 16.4 Å². The van der Waals surface area contributed by atoms with E-state index in [1.807, 2.05) is 34.6 Å². The maximum Gasteiger partial charge on any atom is 0.243 e. The van der Waals surface area contributed by atoms with E-state index in [4.69, 9.17) is 5.73 Å². The van der Waals surface area contributed by atoms with Gasteiger partial charge >= 0.3 is 0 Å². The molecule has 0 aliphatic heterocycles. The second-order valence-corrected chi connectivity index (χ2v) is 9.30. The minimum atomic E-state index is -0.631. The molecular formula is C22H43N3O3. The molecule has 0 saturated heterocycles. The number of carbonyl (C=O) groups is 3. The smallest absolute Gasteiger partial charge is 0.243 e. The molecule has 28 heavy (non-hydrogen) atoms. The monoisotopic (exact) mass is 397 g/mol. The van der Waals surface area contributed by atoms with Gasteiger partial charge in [0, 0.05) is 12.8 Å². The SMILES string of the molecule is CCCCCC(=O)N[C@H](C(=O)N[C@@H](CCCCN)C(=O)CC(C)(C)C)C(C)C. The van der Waals surface area contributed by atoms with Crippen molar-refractivity contribution in [3.8, 4) is 0 Å². The van der Waals surface area contributed by atoms with Gasteiger partial charge in [0.25, 0.3) is 0 Å². The highest BCUT2D eigenvalue weighted by Crippen LogP contribution is 2.21. The lowest BCUT2D eigenvalue weighted by atomic mass is 9.86. The first-order chi connectivity index (χ1) is 13.0. The van der Waals surface area contributed by atoms with Crippen LogP contribution >= 0.6 is 0 Å². The average molecular weight is 398 g/mol. The molecule has 0 aliphatic rings. The van der Waals surface area contributed by atoms with E-state index in [9.17, 15) is 14.4 Å². The van der Waals surface area contributed by atoms with Gasteiger partial charge in [-0.1, -0.05) is 54.4 Å². The summed E-state index contributed by atoms with van der Waals surface area (Å²) in [6.07, 6.45) is 5.86. The Morgan fingerprint density at radius 2 is 1.61 bits per heavy atom. The molecule has 164 valence electrons. The number of hydrogen-bond donors (Lipinski definition) is 3. The molecule has 0 aromatic rings. The number of ketones is 1. The summed E-state index contributed by atoms with van der Waals surface area (Å²) in [4.78, 5) is 37.8. The van der Waals surface area contributed by atoms with Crippen molar-refractivity contribution in [2.45, 2.75) is 105 Å². The Hall–Kier alpha value is -1.43. The lowest BCUT2D eigenvalue weighted by molar-refractivity contribution is -0.133. The van der Waals surface area contributed by atoms with Gasteiger partial charge in [0.1, 0.15) is 6.04 Å². The van der Waals surface area contributed by atoms with Crippen LogP contribution in [0.3, 0.4) is 0 Å². The molecule has 0 spiro atoms. The third-order valence-electron chi connectivity index (χ3n) is 4.63. The van der Waals surface area contributed by atoms with E-state index < -0.39 is 12.1 Å². The maximum atomic E-state index is 12.9. The number of carbonyl (C=O) groups excluding carboxylic acids is 3. The molecule has 0 bridgehead atoms. The normalized spacial score (nSPS) is 13.9. The van der Waals surface area contributed by atoms with E-state index in [-0.39, 0.29) is 28.9 Å². The molecule has 2 atom stereocenters. The van der Waals surface area contributed by atoms with Gasteiger partial charge in [-0.2, -0.15) is 0 Å². The largest absolute Gasteiger partial charge is 0.345 e. The molecular weight excluding hydrogens is 354 g/mol. The number of rotatable bonds is 14. The van der Waals surface area contributed by atoms with Crippen molar-refractivity contribution < 1.29 is 14.4 Å². The summed E-state index contributed by atoms with van der Waals surface area (Å²) in [5, 5.41) is 5.76. The zero-order valence-corrected chi connectivity index (χ0v) is 18.9. The number of nitrogens with two attached hydrogens (primary N) is 1. The van der Waals surface area contributed by atoms with E-state index >= 15 is 0 Å². The average Bonchev–Trinajstić information content (AvgIpc) is 2.57.